The van der Waals surface area contributed by atoms with Crippen molar-refractivity contribution in [3.63, 3.8) is 0 Å². The van der Waals surface area contributed by atoms with Gasteiger partial charge in [-0.25, -0.2) is 9.89 Å². The summed E-state index contributed by atoms with van der Waals surface area (Å²) in [7, 11) is 0. The van der Waals surface area contributed by atoms with Crippen molar-refractivity contribution in [2.45, 2.75) is 42.3 Å². The molecule has 0 saturated carbocycles. The van der Waals surface area contributed by atoms with Gasteiger partial charge in [0.15, 0.2) is 5.16 Å². The maximum absolute atomic E-state index is 11.7. The maximum Gasteiger partial charge on any atom is 0.344 e. The van der Waals surface area contributed by atoms with Crippen LogP contribution in [-0.2, 0) is 0 Å². The van der Waals surface area contributed by atoms with Crippen LogP contribution in [-0.4, -0.2) is 24.8 Å². The summed E-state index contributed by atoms with van der Waals surface area (Å²) in [5.74, 6) is 0. The molecule has 0 aliphatic heterocycles. The molecule has 0 bridgehead atoms. The molecular weight excluding hydrogens is 316 g/mol. The molecule has 0 fully saturated rings. The molecule has 0 amide bonds. The van der Waals surface area contributed by atoms with Crippen LogP contribution in [0.3, 0.4) is 0 Å². The van der Waals surface area contributed by atoms with Crippen LogP contribution >= 0.6 is 23.1 Å². The minimum atomic E-state index is -0.783. The highest BCUT2D eigenvalue weighted by atomic mass is 32.2. The van der Waals surface area contributed by atoms with Gasteiger partial charge in [-0.3, -0.25) is 14.7 Å². The predicted octanol–water partition coefficient (Wildman–Crippen LogP) is 2.33. The second kappa shape index (κ2) is 6.00. The number of nitrogens with zero attached hydrogens (tertiary/aromatic N) is 3. The van der Waals surface area contributed by atoms with Gasteiger partial charge in [0.05, 0.1) is 11.0 Å². The van der Waals surface area contributed by atoms with Crippen LogP contribution in [0.25, 0.3) is 0 Å². The summed E-state index contributed by atoms with van der Waals surface area (Å²) in [6.45, 7) is 5.19. The molecule has 2 aromatic rings. The fourth-order valence-corrected chi connectivity index (χ4v) is 4.05. The van der Waals surface area contributed by atoms with Crippen molar-refractivity contribution in [1.82, 2.24) is 14.8 Å². The lowest BCUT2D eigenvalue weighted by molar-refractivity contribution is -0.387. The highest BCUT2D eigenvalue weighted by molar-refractivity contribution is 8.01. The van der Waals surface area contributed by atoms with Crippen molar-refractivity contribution >= 4 is 28.8 Å². The van der Waals surface area contributed by atoms with Crippen molar-refractivity contribution in [2.24, 2.45) is 0 Å². The number of aliphatic hydroxyl groups excluding tert-OH is 1. The van der Waals surface area contributed by atoms with Crippen molar-refractivity contribution < 1.29 is 10.0 Å². The average molecular weight is 330 g/mol. The van der Waals surface area contributed by atoms with Gasteiger partial charge in [-0.1, -0.05) is 0 Å². The highest BCUT2D eigenvalue weighted by Gasteiger charge is 2.24. The number of rotatable bonds is 5. The van der Waals surface area contributed by atoms with Crippen LogP contribution in [0.5, 0.6) is 0 Å². The van der Waals surface area contributed by atoms with E-state index in [2.05, 4.69) is 10.2 Å². The quantitative estimate of drug-likeness (QED) is 0.642. The molecule has 1 atom stereocenters. The molecule has 0 aromatic carbocycles. The van der Waals surface area contributed by atoms with Gasteiger partial charge in [-0.05, 0) is 32.5 Å². The lowest BCUT2D eigenvalue weighted by Crippen LogP contribution is -2.19. The van der Waals surface area contributed by atoms with E-state index in [1.165, 1.54) is 10.6 Å². The summed E-state index contributed by atoms with van der Waals surface area (Å²) in [6.07, 6.45) is -0.783. The number of aromatic nitrogens is 3. The van der Waals surface area contributed by atoms with Gasteiger partial charge in [0.25, 0.3) is 5.69 Å². The molecule has 114 valence electrons. The van der Waals surface area contributed by atoms with Crippen LogP contribution in [0, 0.1) is 10.1 Å². The lowest BCUT2D eigenvalue weighted by Gasteiger charge is -2.07. The first-order valence-electron chi connectivity index (χ1n) is 6.12. The molecule has 0 aliphatic rings. The van der Waals surface area contributed by atoms with Crippen molar-refractivity contribution in [3.05, 3.63) is 31.5 Å². The summed E-state index contributed by atoms with van der Waals surface area (Å²) in [5.41, 5.74) is -0.450. The average Bonchev–Trinajstić information content (AvgIpc) is 2.94. The van der Waals surface area contributed by atoms with E-state index in [0.29, 0.717) is 14.2 Å². The second-order valence-corrected chi connectivity index (χ2v) is 6.95. The number of nitrogens with one attached hydrogen (secondary N) is 1. The summed E-state index contributed by atoms with van der Waals surface area (Å²) in [6, 6.07) is 1.23. The Labute approximate surface area is 128 Å². The Hall–Kier alpha value is -1.65. The van der Waals surface area contributed by atoms with Crippen LogP contribution in [0.1, 0.15) is 37.8 Å². The molecule has 0 spiro atoms. The fraction of sp³-hybridized carbons (Fsp3) is 0.455. The molecule has 10 heteroatoms. The zero-order valence-electron chi connectivity index (χ0n) is 11.6. The van der Waals surface area contributed by atoms with Crippen molar-refractivity contribution in [3.8, 4) is 0 Å². The Morgan fingerprint density at radius 2 is 2.19 bits per heavy atom. The smallest absolute Gasteiger partial charge is 0.344 e. The Morgan fingerprint density at radius 3 is 2.71 bits per heavy atom. The van der Waals surface area contributed by atoms with E-state index < -0.39 is 11.0 Å². The van der Waals surface area contributed by atoms with E-state index >= 15 is 0 Å². The first-order chi connectivity index (χ1) is 9.81. The first kappa shape index (κ1) is 15.7. The molecule has 2 N–H and O–H groups in total. The summed E-state index contributed by atoms with van der Waals surface area (Å²) < 4.78 is 1.81. The lowest BCUT2D eigenvalue weighted by atomic mass is 10.3. The number of aliphatic hydroxyl groups is 1. The topological polar surface area (TPSA) is 114 Å². The third-order valence-corrected chi connectivity index (χ3v) is 5.13. The molecule has 8 nitrogen and oxygen atoms in total. The van der Waals surface area contributed by atoms with Gasteiger partial charge < -0.3 is 5.11 Å². The van der Waals surface area contributed by atoms with Crippen LogP contribution in [0.15, 0.2) is 20.2 Å². The van der Waals surface area contributed by atoms with Gasteiger partial charge in [-0.2, -0.15) is 0 Å². The van der Waals surface area contributed by atoms with E-state index in [0.717, 1.165) is 23.1 Å². The molecule has 0 saturated heterocycles. The molecule has 21 heavy (non-hydrogen) atoms. The van der Waals surface area contributed by atoms with Gasteiger partial charge in [0, 0.05) is 17.0 Å². The standard InChI is InChI=1S/C11H14N4O4S2/c1-5(2)14-10(17)12-13-11(14)21-9-7(15(18)19)4-8(20-9)6(3)16/h4-6,16H,1-3H3,(H,12,17)/t6-/m1/s1. The molecule has 0 aliphatic carbocycles. The van der Waals surface area contributed by atoms with Crippen molar-refractivity contribution in [2.75, 3.05) is 0 Å². The van der Waals surface area contributed by atoms with Crippen molar-refractivity contribution in [1.29, 1.82) is 0 Å². The third-order valence-electron chi connectivity index (χ3n) is 2.68. The van der Waals surface area contributed by atoms with E-state index in [1.54, 1.807) is 6.92 Å². The van der Waals surface area contributed by atoms with E-state index in [9.17, 15) is 20.0 Å². The summed E-state index contributed by atoms with van der Waals surface area (Å²) in [5, 5.41) is 27.2. The Morgan fingerprint density at radius 1 is 1.52 bits per heavy atom. The summed E-state index contributed by atoms with van der Waals surface area (Å²) in [4.78, 5) is 22.8. The number of thiophene rings is 1. The number of hydrogen-bond donors (Lipinski definition) is 2. The van der Waals surface area contributed by atoms with Gasteiger partial charge in [-0.15, -0.1) is 16.4 Å². The molecule has 0 unspecified atom stereocenters. The largest absolute Gasteiger partial charge is 0.388 e. The third kappa shape index (κ3) is 3.17. The van der Waals surface area contributed by atoms with Gasteiger partial charge in [0.2, 0.25) is 0 Å². The van der Waals surface area contributed by atoms with Crippen LogP contribution in [0.2, 0.25) is 0 Å². The molecule has 0 radical (unpaired) electrons. The number of aromatic amines is 1. The molecule has 2 rings (SSSR count). The Balaban J connectivity index is 2.44. The van der Waals surface area contributed by atoms with Crippen LogP contribution < -0.4 is 5.69 Å². The van der Waals surface area contributed by atoms with Gasteiger partial charge >= 0.3 is 5.69 Å². The minimum absolute atomic E-state index is 0.0911. The maximum atomic E-state index is 11.7. The zero-order chi connectivity index (χ0) is 15.7. The normalized spacial score (nSPS) is 12.8. The van der Waals surface area contributed by atoms with E-state index in [1.807, 2.05) is 13.8 Å². The zero-order valence-corrected chi connectivity index (χ0v) is 13.2. The van der Waals surface area contributed by atoms with Crippen LogP contribution in [0.4, 0.5) is 5.69 Å². The van der Waals surface area contributed by atoms with E-state index in [-0.39, 0.29) is 17.4 Å². The first-order valence-corrected chi connectivity index (χ1v) is 7.75. The Bertz CT molecular complexity index is 716. The van der Waals surface area contributed by atoms with Gasteiger partial charge in [0.1, 0.15) is 4.21 Å². The molecular formula is C11H14N4O4S2. The number of H-pyrrole nitrogens is 1. The minimum Gasteiger partial charge on any atom is -0.388 e. The summed E-state index contributed by atoms with van der Waals surface area (Å²) >= 11 is 2.17. The molecule has 2 heterocycles. The SMILES string of the molecule is CC(C)n1c(Sc2sc([C@@H](C)O)cc2[N+](=O)[O-])n[nH]c1=O. The second-order valence-electron chi connectivity index (χ2n) is 4.63. The van der Waals surface area contributed by atoms with E-state index in [4.69, 9.17) is 0 Å². The number of nitro groups is 1. The highest BCUT2D eigenvalue weighted by Crippen LogP contribution is 2.42. The Kier molecular flexibility index (Phi) is 4.49. The monoisotopic (exact) mass is 330 g/mol. The fourth-order valence-electron chi connectivity index (χ4n) is 1.69. The number of hydrogen-bond acceptors (Lipinski definition) is 7. The molecule has 2 aromatic heterocycles. The predicted molar refractivity (Wildman–Crippen MR) is 79.0 cm³/mol.